The van der Waals surface area contributed by atoms with E-state index in [1.807, 2.05) is 36.4 Å². The summed E-state index contributed by atoms with van der Waals surface area (Å²) < 4.78 is 0. The first-order chi connectivity index (χ1) is 8.88. The summed E-state index contributed by atoms with van der Waals surface area (Å²) in [5, 5.41) is 15.9. The highest BCUT2D eigenvalue weighted by Gasteiger charge is 2.08. The third-order valence-electron chi connectivity index (χ3n) is 2.58. The summed E-state index contributed by atoms with van der Waals surface area (Å²) in [4.78, 5) is 0. The number of rotatable bonds is 3. The van der Waals surface area contributed by atoms with Crippen molar-refractivity contribution in [1.82, 2.24) is 25.9 Å². The van der Waals surface area contributed by atoms with Gasteiger partial charge in [0.05, 0.1) is 11.1 Å². The lowest BCUT2D eigenvalue weighted by molar-refractivity contribution is 0.824. The number of nitrogens with two attached hydrogens (primary N) is 1. The smallest absolute Gasteiger partial charge is 0.180 e. The van der Waals surface area contributed by atoms with Crippen LogP contribution < -0.4 is 16.8 Å². The molecule has 0 amide bonds. The molecule has 8 heteroatoms. The summed E-state index contributed by atoms with van der Waals surface area (Å²) in [6.07, 6.45) is 0. The zero-order valence-electron chi connectivity index (χ0n) is 9.88. The molecule has 3 rings (SSSR count). The molecule has 19 heavy (non-hydrogen) atoms. The molecule has 7 N–H and O–H groups in total. The molecule has 0 saturated carbocycles. The highest BCUT2D eigenvalue weighted by atomic mass is 16.0. The van der Waals surface area contributed by atoms with Crippen LogP contribution in [-0.4, -0.2) is 25.9 Å². The standard InChI is InChI=1S/C11H11N7.H2O/c12-18-17-11-8-6-9(7-4-2-1-3-5-7)13-14-10(8)15-16-11;/h1-6,18H,12H2,(H2,14,15,16,17);1H2. The number of benzene rings is 1. The second-order valence-corrected chi connectivity index (χ2v) is 3.70. The summed E-state index contributed by atoms with van der Waals surface area (Å²) in [7, 11) is 0. The van der Waals surface area contributed by atoms with Crippen LogP contribution in [0.15, 0.2) is 36.4 Å². The number of aromatic amines is 1. The molecule has 0 unspecified atom stereocenters. The Bertz CT molecular complexity index is 667. The van der Waals surface area contributed by atoms with E-state index in [4.69, 9.17) is 5.84 Å². The van der Waals surface area contributed by atoms with Gasteiger partial charge in [0.1, 0.15) is 0 Å². The molecule has 0 aliphatic carbocycles. The van der Waals surface area contributed by atoms with Crippen molar-refractivity contribution >= 4 is 16.9 Å². The number of anilines is 1. The SMILES string of the molecule is NNNc1n[nH]c2nnc(-c3ccccc3)cc12.O. The maximum Gasteiger partial charge on any atom is 0.180 e. The van der Waals surface area contributed by atoms with Gasteiger partial charge in [-0.2, -0.15) is 10.6 Å². The fraction of sp³-hybridized carbons (Fsp3) is 0. The Morgan fingerprint density at radius 1 is 1.11 bits per heavy atom. The van der Waals surface area contributed by atoms with E-state index in [0.717, 1.165) is 16.6 Å². The van der Waals surface area contributed by atoms with Crippen LogP contribution in [-0.2, 0) is 0 Å². The van der Waals surface area contributed by atoms with Gasteiger partial charge in [-0.1, -0.05) is 30.3 Å². The monoisotopic (exact) mass is 259 g/mol. The van der Waals surface area contributed by atoms with Crippen molar-refractivity contribution in [3.8, 4) is 11.3 Å². The van der Waals surface area contributed by atoms with Crippen LogP contribution in [0.1, 0.15) is 0 Å². The van der Waals surface area contributed by atoms with Gasteiger partial charge >= 0.3 is 0 Å². The minimum absolute atomic E-state index is 0. The van der Waals surface area contributed by atoms with E-state index in [-0.39, 0.29) is 5.48 Å². The number of hydrogen-bond acceptors (Lipinski definition) is 6. The lowest BCUT2D eigenvalue weighted by Crippen LogP contribution is -2.28. The summed E-state index contributed by atoms with van der Waals surface area (Å²) >= 11 is 0. The predicted molar refractivity (Wildman–Crippen MR) is 71.7 cm³/mol. The van der Waals surface area contributed by atoms with Gasteiger partial charge in [-0.15, -0.1) is 10.2 Å². The first-order valence-electron chi connectivity index (χ1n) is 5.37. The van der Waals surface area contributed by atoms with Gasteiger partial charge in [0.2, 0.25) is 0 Å². The predicted octanol–water partition coefficient (Wildman–Crippen LogP) is -0.0146. The van der Waals surface area contributed by atoms with Crippen molar-refractivity contribution < 1.29 is 5.48 Å². The van der Waals surface area contributed by atoms with Crippen LogP contribution in [0.25, 0.3) is 22.3 Å². The van der Waals surface area contributed by atoms with Crippen LogP contribution in [0.2, 0.25) is 0 Å². The molecule has 0 radical (unpaired) electrons. The number of fused-ring (bicyclic) bond motifs is 1. The van der Waals surface area contributed by atoms with Crippen LogP contribution in [0.5, 0.6) is 0 Å². The van der Waals surface area contributed by atoms with Crippen LogP contribution in [0.3, 0.4) is 0 Å². The Balaban J connectivity index is 0.00000133. The summed E-state index contributed by atoms with van der Waals surface area (Å²) in [5.41, 5.74) is 7.45. The molecule has 2 heterocycles. The number of hydrogen-bond donors (Lipinski definition) is 4. The van der Waals surface area contributed by atoms with Crippen molar-refractivity contribution in [1.29, 1.82) is 0 Å². The molecule has 0 bridgehead atoms. The van der Waals surface area contributed by atoms with E-state index in [0.29, 0.717) is 11.5 Å². The molecular formula is C11H13N7O. The molecule has 0 aliphatic rings. The molecule has 0 fully saturated rings. The zero-order valence-corrected chi connectivity index (χ0v) is 9.88. The number of nitrogens with one attached hydrogen (secondary N) is 3. The lowest BCUT2D eigenvalue weighted by Gasteiger charge is -2.01. The molecule has 98 valence electrons. The number of H-pyrrole nitrogens is 1. The highest BCUT2D eigenvalue weighted by molar-refractivity contribution is 5.89. The van der Waals surface area contributed by atoms with Crippen molar-refractivity contribution in [2.24, 2.45) is 5.84 Å². The van der Waals surface area contributed by atoms with E-state index in [1.54, 1.807) is 0 Å². The fourth-order valence-electron chi connectivity index (χ4n) is 1.74. The first-order valence-corrected chi connectivity index (χ1v) is 5.37. The molecule has 0 spiro atoms. The van der Waals surface area contributed by atoms with E-state index in [2.05, 4.69) is 31.4 Å². The highest BCUT2D eigenvalue weighted by Crippen LogP contribution is 2.23. The van der Waals surface area contributed by atoms with Crippen molar-refractivity contribution in [2.45, 2.75) is 0 Å². The molecule has 0 aliphatic heterocycles. The second-order valence-electron chi connectivity index (χ2n) is 3.70. The van der Waals surface area contributed by atoms with E-state index >= 15 is 0 Å². The maximum atomic E-state index is 5.21. The van der Waals surface area contributed by atoms with Gasteiger partial charge in [-0.25, -0.2) is 0 Å². The molecule has 8 nitrogen and oxygen atoms in total. The number of hydrazine groups is 2. The van der Waals surface area contributed by atoms with Gasteiger partial charge in [0.25, 0.3) is 0 Å². The van der Waals surface area contributed by atoms with Gasteiger partial charge in [0, 0.05) is 5.56 Å². The molecule has 1 aromatic carbocycles. The Morgan fingerprint density at radius 2 is 1.89 bits per heavy atom. The van der Waals surface area contributed by atoms with Crippen molar-refractivity contribution in [3.63, 3.8) is 0 Å². The maximum absolute atomic E-state index is 5.21. The lowest BCUT2D eigenvalue weighted by atomic mass is 10.1. The van der Waals surface area contributed by atoms with E-state index in [1.165, 1.54) is 0 Å². The second kappa shape index (κ2) is 5.40. The van der Waals surface area contributed by atoms with Gasteiger partial charge in [-0.3, -0.25) is 16.4 Å². The largest absolute Gasteiger partial charge is 0.412 e. The fourth-order valence-corrected chi connectivity index (χ4v) is 1.74. The van der Waals surface area contributed by atoms with Gasteiger partial charge in [0.15, 0.2) is 11.5 Å². The number of nitrogens with zero attached hydrogens (tertiary/aromatic N) is 3. The average Bonchev–Trinajstić information content (AvgIpc) is 2.83. The van der Waals surface area contributed by atoms with Crippen molar-refractivity contribution in [3.05, 3.63) is 36.4 Å². The van der Waals surface area contributed by atoms with Crippen LogP contribution >= 0.6 is 0 Å². The molecule has 2 aromatic heterocycles. The third kappa shape index (κ3) is 2.36. The zero-order chi connectivity index (χ0) is 12.4. The van der Waals surface area contributed by atoms with Crippen molar-refractivity contribution in [2.75, 3.05) is 5.43 Å². The first kappa shape index (κ1) is 12.9. The Morgan fingerprint density at radius 3 is 2.63 bits per heavy atom. The Labute approximate surface area is 108 Å². The average molecular weight is 259 g/mol. The Hall–Kier alpha value is -2.55. The van der Waals surface area contributed by atoms with E-state index < -0.39 is 0 Å². The molecule has 0 saturated heterocycles. The normalized spacial score (nSPS) is 10.2. The van der Waals surface area contributed by atoms with Gasteiger partial charge in [-0.05, 0) is 6.07 Å². The molecule has 0 atom stereocenters. The summed E-state index contributed by atoms with van der Waals surface area (Å²) in [5.74, 6) is 5.79. The number of aromatic nitrogens is 4. The molecule has 3 aromatic rings. The van der Waals surface area contributed by atoms with E-state index in [9.17, 15) is 0 Å². The van der Waals surface area contributed by atoms with Gasteiger partial charge < -0.3 is 5.48 Å². The summed E-state index contributed by atoms with van der Waals surface area (Å²) in [6.45, 7) is 0. The minimum atomic E-state index is 0. The molecular weight excluding hydrogens is 246 g/mol. The Kier molecular flexibility index (Phi) is 3.66. The minimum Gasteiger partial charge on any atom is -0.412 e. The quantitative estimate of drug-likeness (QED) is 0.385. The summed E-state index contributed by atoms with van der Waals surface area (Å²) in [6, 6.07) is 11.7. The van der Waals surface area contributed by atoms with Crippen LogP contribution in [0, 0.1) is 0 Å². The van der Waals surface area contributed by atoms with Crippen LogP contribution in [0.4, 0.5) is 5.82 Å². The topological polar surface area (TPSA) is 136 Å². The third-order valence-corrected chi connectivity index (χ3v) is 2.58.